The van der Waals surface area contributed by atoms with Crippen LogP contribution < -0.4 is 15.5 Å². The van der Waals surface area contributed by atoms with Crippen molar-refractivity contribution in [3.05, 3.63) is 52.5 Å². The Kier molecular flexibility index (Phi) is 7.83. The fourth-order valence-electron chi connectivity index (χ4n) is 2.32. The number of carbonyl (C=O) groups excluding carboxylic acids is 2. The predicted molar refractivity (Wildman–Crippen MR) is 109 cm³/mol. The molecule has 0 radical (unpaired) electrons. The normalized spacial score (nSPS) is 10.7. The van der Waals surface area contributed by atoms with Gasteiger partial charge in [-0.1, -0.05) is 29.8 Å². The van der Waals surface area contributed by atoms with E-state index in [1.54, 1.807) is 19.1 Å². The van der Waals surface area contributed by atoms with Crippen molar-refractivity contribution in [2.24, 2.45) is 5.10 Å². The van der Waals surface area contributed by atoms with Gasteiger partial charge in [-0.15, -0.1) is 0 Å². The van der Waals surface area contributed by atoms with Gasteiger partial charge >= 0.3 is 0 Å². The average molecular weight is 404 g/mol. The first kappa shape index (κ1) is 21.2. The van der Waals surface area contributed by atoms with Crippen LogP contribution in [0, 0.1) is 6.92 Å². The van der Waals surface area contributed by atoms with Crippen LogP contribution in [0.3, 0.4) is 0 Å². The third-order valence-electron chi connectivity index (χ3n) is 3.75. The Balaban J connectivity index is 1.83. The summed E-state index contributed by atoms with van der Waals surface area (Å²) in [7, 11) is 0. The van der Waals surface area contributed by atoms with Crippen molar-refractivity contribution in [1.29, 1.82) is 0 Å². The molecule has 7 nitrogen and oxygen atoms in total. The molecule has 0 saturated carbocycles. The second-order valence-corrected chi connectivity index (χ2v) is 6.35. The lowest BCUT2D eigenvalue weighted by atomic mass is 10.2. The predicted octanol–water partition coefficient (Wildman–Crippen LogP) is 3.62. The van der Waals surface area contributed by atoms with Gasteiger partial charge < -0.3 is 15.2 Å². The summed E-state index contributed by atoms with van der Waals surface area (Å²) >= 11 is 5.93. The summed E-state index contributed by atoms with van der Waals surface area (Å²) in [5.74, 6) is -0.564. The van der Waals surface area contributed by atoms with Gasteiger partial charge in [0, 0.05) is 18.5 Å². The highest BCUT2D eigenvalue weighted by Crippen LogP contribution is 2.34. The molecule has 2 amide bonds. The molecule has 28 heavy (non-hydrogen) atoms. The lowest BCUT2D eigenvalue weighted by Crippen LogP contribution is -2.20. The summed E-state index contributed by atoms with van der Waals surface area (Å²) in [6.45, 7) is 4.04. The van der Waals surface area contributed by atoms with Crippen LogP contribution in [0.5, 0.6) is 11.5 Å². The Labute approximate surface area is 168 Å². The third kappa shape index (κ3) is 6.28. The number of hydrogen-bond donors (Lipinski definition) is 3. The second kappa shape index (κ2) is 10.3. The number of phenolic OH excluding ortho intramolecular Hbond substituents is 1. The smallest absolute Gasteiger partial charge is 0.240 e. The molecular weight excluding hydrogens is 382 g/mol. The number of aryl methyl sites for hydroxylation is 1. The number of amides is 2. The van der Waals surface area contributed by atoms with Crippen molar-refractivity contribution < 1.29 is 19.4 Å². The van der Waals surface area contributed by atoms with Crippen molar-refractivity contribution in [2.45, 2.75) is 26.7 Å². The van der Waals surface area contributed by atoms with E-state index < -0.39 is 5.91 Å². The number of hydrazone groups is 1. The first-order valence-corrected chi connectivity index (χ1v) is 9.11. The van der Waals surface area contributed by atoms with Crippen molar-refractivity contribution in [3.63, 3.8) is 0 Å². The van der Waals surface area contributed by atoms with Crippen molar-refractivity contribution in [3.8, 4) is 11.5 Å². The molecule has 0 spiro atoms. The van der Waals surface area contributed by atoms with Gasteiger partial charge in [0.25, 0.3) is 0 Å². The molecule has 2 rings (SSSR count). The van der Waals surface area contributed by atoms with E-state index in [2.05, 4.69) is 15.8 Å². The molecule has 2 aromatic rings. The number of para-hydroxylation sites is 1. The SMILES string of the molecule is CCOc1cc(C=NNC(=O)CCC(=O)Nc2ccccc2C)cc(Cl)c1O. The molecular formula is C20H22ClN3O4. The van der Waals surface area contributed by atoms with Gasteiger partial charge in [0.2, 0.25) is 11.8 Å². The van der Waals surface area contributed by atoms with Crippen molar-refractivity contribution in [1.82, 2.24) is 5.43 Å². The van der Waals surface area contributed by atoms with Gasteiger partial charge in [-0.2, -0.15) is 5.10 Å². The number of aromatic hydroxyl groups is 1. The Hall–Kier alpha value is -3.06. The van der Waals surface area contributed by atoms with Gasteiger partial charge in [-0.05, 0) is 43.2 Å². The van der Waals surface area contributed by atoms with E-state index in [1.807, 2.05) is 25.1 Å². The van der Waals surface area contributed by atoms with Crippen LogP contribution in [-0.4, -0.2) is 29.7 Å². The Morgan fingerprint density at radius 1 is 1.21 bits per heavy atom. The molecule has 0 saturated heterocycles. The number of rotatable bonds is 8. The maximum Gasteiger partial charge on any atom is 0.240 e. The van der Waals surface area contributed by atoms with Gasteiger partial charge in [-0.25, -0.2) is 5.43 Å². The number of halogens is 1. The summed E-state index contributed by atoms with van der Waals surface area (Å²) in [5, 5.41) is 16.5. The van der Waals surface area contributed by atoms with Crippen LogP contribution in [0.1, 0.15) is 30.9 Å². The molecule has 0 aliphatic heterocycles. The second-order valence-electron chi connectivity index (χ2n) is 5.94. The fourth-order valence-corrected chi connectivity index (χ4v) is 2.54. The molecule has 2 aromatic carbocycles. The molecule has 0 heterocycles. The molecule has 8 heteroatoms. The van der Waals surface area contributed by atoms with Gasteiger partial charge in [0.1, 0.15) is 0 Å². The lowest BCUT2D eigenvalue weighted by molar-refractivity contribution is -0.124. The highest BCUT2D eigenvalue weighted by molar-refractivity contribution is 6.32. The van der Waals surface area contributed by atoms with Gasteiger partial charge in [0.15, 0.2) is 11.5 Å². The molecule has 0 unspecified atom stereocenters. The number of nitrogens with zero attached hydrogens (tertiary/aromatic N) is 1. The fraction of sp³-hybridized carbons (Fsp3) is 0.250. The monoisotopic (exact) mass is 403 g/mol. The number of ether oxygens (including phenoxy) is 1. The van der Waals surface area contributed by atoms with E-state index in [-0.39, 0.29) is 35.3 Å². The van der Waals surface area contributed by atoms with Crippen molar-refractivity contribution >= 4 is 35.3 Å². The van der Waals surface area contributed by atoms with Gasteiger partial charge in [-0.3, -0.25) is 9.59 Å². The molecule has 0 bridgehead atoms. The molecule has 0 fully saturated rings. The largest absolute Gasteiger partial charge is 0.503 e. The Morgan fingerprint density at radius 2 is 1.93 bits per heavy atom. The maximum atomic E-state index is 12.0. The summed E-state index contributed by atoms with van der Waals surface area (Å²) in [6, 6.07) is 10.5. The lowest BCUT2D eigenvalue weighted by Gasteiger charge is -2.08. The zero-order chi connectivity index (χ0) is 20.5. The van der Waals surface area contributed by atoms with E-state index in [0.717, 1.165) is 11.3 Å². The van der Waals surface area contributed by atoms with Crippen LogP contribution >= 0.6 is 11.6 Å². The van der Waals surface area contributed by atoms with E-state index in [0.29, 0.717) is 12.2 Å². The minimum Gasteiger partial charge on any atom is -0.503 e. The van der Waals surface area contributed by atoms with Crippen LogP contribution in [0.2, 0.25) is 5.02 Å². The zero-order valence-electron chi connectivity index (χ0n) is 15.7. The van der Waals surface area contributed by atoms with Crippen LogP contribution in [0.4, 0.5) is 5.69 Å². The third-order valence-corrected chi connectivity index (χ3v) is 4.04. The minimum absolute atomic E-state index is 0.00438. The molecule has 3 N–H and O–H groups in total. The average Bonchev–Trinajstić information content (AvgIpc) is 2.66. The van der Waals surface area contributed by atoms with E-state index in [4.69, 9.17) is 16.3 Å². The Morgan fingerprint density at radius 3 is 2.64 bits per heavy atom. The minimum atomic E-state index is -0.397. The number of hydrogen-bond acceptors (Lipinski definition) is 5. The summed E-state index contributed by atoms with van der Waals surface area (Å²) in [6.07, 6.45) is 1.41. The van der Waals surface area contributed by atoms with Crippen LogP contribution in [-0.2, 0) is 9.59 Å². The molecule has 0 aliphatic rings. The Bertz CT molecular complexity index is 884. The summed E-state index contributed by atoms with van der Waals surface area (Å²) < 4.78 is 5.28. The molecule has 148 valence electrons. The number of benzene rings is 2. The van der Waals surface area contributed by atoms with E-state index in [1.165, 1.54) is 12.3 Å². The summed E-state index contributed by atoms with van der Waals surface area (Å²) in [5.41, 5.74) is 4.57. The number of carbonyl (C=O) groups is 2. The zero-order valence-corrected chi connectivity index (χ0v) is 16.4. The molecule has 0 atom stereocenters. The first-order chi connectivity index (χ1) is 13.4. The number of anilines is 1. The number of nitrogens with one attached hydrogen (secondary N) is 2. The van der Waals surface area contributed by atoms with Crippen LogP contribution in [0.15, 0.2) is 41.5 Å². The molecule has 0 aromatic heterocycles. The molecule has 0 aliphatic carbocycles. The van der Waals surface area contributed by atoms with E-state index in [9.17, 15) is 14.7 Å². The first-order valence-electron chi connectivity index (χ1n) is 8.73. The maximum absolute atomic E-state index is 12.0. The topological polar surface area (TPSA) is 100 Å². The van der Waals surface area contributed by atoms with Crippen LogP contribution in [0.25, 0.3) is 0 Å². The van der Waals surface area contributed by atoms with Crippen molar-refractivity contribution in [2.75, 3.05) is 11.9 Å². The number of phenols is 1. The van der Waals surface area contributed by atoms with E-state index >= 15 is 0 Å². The highest BCUT2D eigenvalue weighted by atomic mass is 35.5. The quantitative estimate of drug-likeness (QED) is 0.463. The standard InChI is InChI=1S/C20H22ClN3O4/c1-3-28-17-11-14(10-15(21)20(17)27)12-22-24-19(26)9-8-18(25)23-16-7-5-4-6-13(16)2/h4-7,10-12,27H,3,8-9H2,1-2H3,(H,23,25)(H,24,26). The highest BCUT2D eigenvalue weighted by Gasteiger charge is 2.10. The summed E-state index contributed by atoms with van der Waals surface area (Å²) in [4.78, 5) is 23.8. The van der Waals surface area contributed by atoms with Gasteiger partial charge in [0.05, 0.1) is 17.8 Å².